The minimum atomic E-state index is -1.24. The zero-order chi connectivity index (χ0) is 11.0. The van der Waals surface area contributed by atoms with Crippen LogP contribution >= 0.6 is 0 Å². The SMILES string of the molecule is CCCC#CC(O)/C(F)=C\CC(C)C. The Labute approximate surface area is 86.0 Å². The number of hydrogen-bond acceptors (Lipinski definition) is 1. The van der Waals surface area contributed by atoms with Crippen LogP contribution in [0.25, 0.3) is 0 Å². The molecule has 0 amide bonds. The van der Waals surface area contributed by atoms with Gasteiger partial charge in [-0.15, -0.1) is 5.92 Å². The van der Waals surface area contributed by atoms with E-state index in [1.54, 1.807) is 0 Å². The Balaban J connectivity index is 4.05. The number of allylic oxidation sites excluding steroid dienone is 1. The first-order valence-corrected chi connectivity index (χ1v) is 5.10. The van der Waals surface area contributed by atoms with Crippen molar-refractivity contribution in [2.24, 2.45) is 5.92 Å². The van der Waals surface area contributed by atoms with Crippen LogP contribution in [0.5, 0.6) is 0 Å². The molecule has 0 aliphatic carbocycles. The Morgan fingerprint density at radius 1 is 1.50 bits per heavy atom. The molecule has 0 aliphatic rings. The van der Waals surface area contributed by atoms with Crippen molar-refractivity contribution in [1.29, 1.82) is 0 Å². The van der Waals surface area contributed by atoms with Crippen molar-refractivity contribution >= 4 is 0 Å². The summed E-state index contributed by atoms with van der Waals surface area (Å²) in [5, 5.41) is 9.24. The van der Waals surface area contributed by atoms with E-state index in [1.165, 1.54) is 6.08 Å². The lowest BCUT2D eigenvalue weighted by molar-refractivity contribution is 0.235. The Morgan fingerprint density at radius 2 is 2.14 bits per heavy atom. The number of unbranched alkanes of at least 4 members (excludes halogenated alkanes) is 1. The molecular weight excluding hydrogens is 179 g/mol. The van der Waals surface area contributed by atoms with E-state index < -0.39 is 11.9 Å². The van der Waals surface area contributed by atoms with Gasteiger partial charge in [0.25, 0.3) is 0 Å². The van der Waals surface area contributed by atoms with Crippen LogP contribution in [0.15, 0.2) is 11.9 Å². The summed E-state index contributed by atoms with van der Waals surface area (Å²) in [5.41, 5.74) is 0. The summed E-state index contributed by atoms with van der Waals surface area (Å²) in [7, 11) is 0. The summed E-state index contributed by atoms with van der Waals surface area (Å²) in [5.74, 6) is 5.07. The fourth-order valence-electron chi connectivity index (χ4n) is 0.823. The second-order valence-corrected chi connectivity index (χ2v) is 3.69. The standard InChI is InChI=1S/C12H19FO/c1-4-5-6-7-12(14)11(13)9-8-10(2)3/h9-10,12,14H,4-5,8H2,1-3H3/b11-9+. The van der Waals surface area contributed by atoms with Crippen LogP contribution in [-0.4, -0.2) is 11.2 Å². The Hall–Kier alpha value is -0.810. The lowest BCUT2D eigenvalue weighted by Gasteiger charge is -2.01. The number of aliphatic hydroxyl groups excluding tert-OH is 1. The van der Waals surface area contributed by atoms with Crippen molar-refractivity contribution in [3.8, 4) is 11.8 Å². The fraction of sp³-hybridized carbons (Fsp3) is 0.667. The van der Waals surface area contributed by atoms with Gasteiger partial charge in [-0.25, -0.2) is 4.39 Å². The highest BCUT2D eigenvalue weighted by molar-refractivity contribution is 5.16. The van der Waals surface area contributed by atoms with Crippen LogP contribution < -0.4 is 0 Å². The molecule has 2 heteroatoms. The summed E-state index contributed by atoms with van der Waals surface area (Å²) in [6.07, 6.45) is 2.44. The van der Waals surface area contributed by atoms with Crippen molar-refractivity contribution in [1.82, 2.24) is 0 Å². The van der Waals surface area contributed by atoms with Gasteiger partial charge in [0.2, 0.25) is 0 Å². The number of aliphatic hydroxyl groups is 1. The fourth-order valence-corrected chi connectivity index (χ4v) is 0.823. The Bertz CT molecular complexity index is 232. The van der Waals surface area contributed by atoms with Gasteiger partial charge in [0, 0.05) is 6.42 Å². The maximum atomic E-state index is 13.1. The monoisotopic (exact) mass is 198 g/mol. The molecule has 0 bridgehead atoms. The van der Waals surface area contributed by atoms with Gasteiger partial charge in [0.1, 0.15) is 5.83 Å². The highest BCUT2D eigenvalue weighted by atomic mass is 19.1. The summed E-state index contributed by atoms with van der Waals surface area (Å²) in [6, 6.07) is 0. The molecule has 0 aromatic heterocycles. The summed E-state index contributed by atoms with van der Waals surface area (Å²) in [4.78, 5) is 0. The van der Waals surface area contributed by atoms with E-state index >= 15 is 0 Å². The van der Waals surface area contributed by atoms with Gasteiger partial charge >= 0.3 is 0 Å². The average Bonchev–Trinajstić information content (AvgIpc) is 2.14. The van der Waals surface area contributed by atoms with Crippen LogP contribution in [0.1, 0.15) is 40.0 Å². The molecule has 80 valence electrons. The van der Waals surface area contributed by atoms with Crippen LogP contribution in [0, 0.1) is 17.8 Å². The molecule has 0 fully saturated rings. The zero-order valence-electron chi connectivity index (χ0n) is 9.18. The minimum absolute atomic E-state index is 0.400. The molecule has 0 saturated heterocycles. The third-order valence-electron chi connectivity index (χ3n) is 1.66. The van der Waals surface area contributed by atoms with E-state index in [4.69, 9.17) is 0 Å². The first-order valence-electron chi connectivity index (χ1n) is 5.10. The van der Waals surface area contributed by atoms with Crippen molar-refractivity contribution in [3.63, 3.8) is 0 Å². The van der Waals surface area contributed by atoms with Gasteiger partial charge in [0.15, 0.2) is 6.10 Å². The molecule has 1 atom stereocenters. The van der Waals surface area contributed by atoms with Gasteiger partial charge in [0.05, 0.1) is 0 Å². The maximum absolute atomic E-state index is 13.1. The summed E-state index contributed by atoms with van der Waals surface area (Å²) >= 11 is 0. The molecule has 14 heavy (non-hydrogen) atoms. The second kappa shape index (κ2) is 7.58. The van der Waals surface area contributed by atoms with Gasteiger partial charge < -0.3 is 5.11 Å². The Morgan fingerprint density at radius 3 is 2.64 bits per heavy atom. The van der Waals surface area contributed by atoms with E-state index in [1.807, 2.05) is 20.8 Å². The molecule has 0 rings (SSSR count). The second-order valence-electron chi connectivity index (χ2n) is 3.69. The summed E-state index contributed by atoms with van der Waals surface area (Å²) in [6.45, 7) is 5.99. The molecule has 0 aromatic carbocycles. The average molecular weight is 198 g/mol. The quantitative estimate of drug-likeness (QED) is 0.688. The molecule has 0 aliphatic heterocycles. The highest BCUT2D eigenvalue weighted by Crippen LogP contribution is 2.09. The predicted octanol–water partition coefficient (Wildman–Crippen LogP) is 3.05. The van der Waals surface area contributed by atoms with E-state index in [2.05, 4.69) is 11.8 Å². The first-order chi connectivity index (χ1) is 6.57. The van der Waals surface area contributed by atoms with Crippen molar-refractivity contribution in [3.05, 3.63) is 11.9 Å². The van der Waals surface area contributed by atoms with E-state index in [0.29, 0.717) is 18.8 Å². The number of halogens is 1. The minimum Gasteiger partial charge on any atom is -0.374 e. The van der Waals surface area contributed by atoms with Gasteiger partial charge in [-0.2, -0.15) is 0 Å². The van der Waals surface area contributed by atoms with Gasteiger partial charge in [-0.1, -0.05) is 26.7 Å². The van der Waals surface area contributed by atoms with Crippen LogP contribution in [0.2, 0.25) is 0 Å². The molecule has 1 unspecified atom stereocenters. The Kier molecular flexibility index (Phi) is 7.14. The van der Waals surface area contributed by atoms with Crippen molar-refractivity contribution in [2.75, 3.05) is 0 Å². The van der Waals surface area contributed by atoms with Crippen LogP contribution in [-0.2, 0) is 0 Å². The van der Waals surface area contributed by atoms with Gasteiger partial charge in [-0.05, 0) is 24.8 Å². The molecule has 0 radical (unpaired) electrons. The van der Waals surface area contributed by atoms with Crippen molar-refractivity contribution < 1.29 is 9.50 Å². The summed E-state index contributed by atoms with van der Waals surface area (Å²) < 4.78 is 13.1. The number of hydrogen-bond donors (Lipinski definition) is 1. The van der Waals surface area contributed by atoms with E-state index in [0.717, 1.165) is 6.42 Å². The first kappa shape index (κ1) is 13.2. The predicted molar refractivity (Wildman–Crippen MR) is 57.3 cm³/mol. The molecular formula is C12H19FO. The normalized spacial score (nSPS) is 13.7. The molecule has 0 heterocycles. The largest absolute Gasteiger partial charge is 0.374 e. The smallest absolute Gasteiger partial charge is 0.165 e. The third-order valence-corrected chi connectivity index (χ3v) is 1.66. The van der Waals surface area contributed by atoms with Crippen molar-refractivity contribution in [2.45, 2.75) is 46.1 Å². The molecule has 1 N–H and O–H groups in total. The van der Waals surface area contributed by atoms with Crippen LogP contribution in [0.4, 0.5) is 4.39 Å². The third kappa shape index (κ3) is 6.68. The molecule has 0 spiro atoms. The molecule has 0 saturated carbocycles. The molecule has 0 aromatic rings. The maximum Gasteiger partial charge on any atom is 0.165 e. The topological polar surface area (TPSA) is 20.2 Å². The van der Waals surface area contributed by atoms with E-state index in [9.17, 15) is 9.50 Å². The van der Waals surface area contributed by atoms with E-state index in [-0.39, 0.29) is 0 Å². The lowest BCUT2D eigenvalue weighted by atomic mass is 10.1. The van der Waals surface area contributed by atoms with Crippen LogP contribution in [0.3, 0.4) is 0 Å². The van der Waals surface area contributed by atoms with Gasteiger partial charge in [-0.3, -0.25) is 0 Å². The highest BCUT2D eigenvalue weighted by Gasteiger charge is 2.05. The number of rotatable bonds is 4. The zero-order valence-corrected chi connectivity index (χ0v) is 9.18. The lowest BCUT2D eigenvalue weighted by Crippen LogP contribution is -2.03. The molecule has 1 nitrogen and oxygen atoms in total.